The molecule has 1 N–H and O–H groups in total. The summed E-state index contributed by atoms with van der Waals surface area (Å²) < 4.78 is 1.39. The van der Waals surface area contributed by atoms with Crippen LogP contribution < -0.4 is 5.32 Å². The van der Waals surface area contributed by atoms with E-state index in [0.29, 0.717) is 0 Å². The minimum absolute atomic E-state index is 0.220. The van der Waals surface area contributed by atoms with Gasteiger partial charge in [-0.25, -0.2) is 0 Å². The highest BCUT2D eigenvalue weighted by molar-refractivity contribution is 7.17. The molecule has 0 aliphatic rings. The zero-order valence-corrected chi connectivity index (χ0v) is 12.9. The van der Waals surface area contributed by atoms with E-state index in [1.165, 1.54) is 15.6 Å². The fourth-order valence-corrected chi connectivity index (χ4v) is 3.03. The Morgan fingerprint density at radius 1 is 1.16 bits per heavy atom. The van der Waals surface area contributed by atoms with Gasteiger partial charge in [0.25, 0.3) is 0 Å². The summed E-state index contributed by atoms with van der Waals surface area (Å²) in [5.74, 6) is 0. The highest BCUT2D eigenvalue weighted by atomic mass is 32.1. The third kappa shape index (κ3) is 4.48. The van der Waals surface area contributed by atoms with Crippen molar-refractivity contribution in [1.82, 2.24) is 5.32 Å². The summed E-state index contributed by atoms with van der Waals surface area (Å²) >= 11 is 1.84. The van der Waals surface area contributed by atoms with Gasteiger partial charge in [0, 0.05) is 10.2 Å². The average molecular weight is 273 g/mol. The maximum atomic E-state index is 3.50. The number of fused-ring (bicyclic) bond motifs is 1. The molecule has 0 unspecified atom stereocenters. The van der Waals surface area contributed by atoms with Gasteiger partial charge >= 0.3 is 0 Å². The van der Waals surface area contributed by atoms with Crippen LogP contribution in [0.4, 0.5) is 0 Å². The fraction of sp³-hybridized carbons (Fsp3) is 0.412. The third-order valence-electron chi connectivity index (χ3n) is 3.03. The van der Waals surface area contributed by atoms with Crippen molar-refractivity contribution in [2.24, 2.45) is 0 Å². The quantitative estimate of drug-likeness (QED) is 0.611. The van der Waals surface area contributed by atoms with Crippen LogP contribution in [0, 0.1) is 0 Å². The van der Waals surface area contributed by atoms with Gasteiger partial charge in [-0.3, -0.25) is 0 Å². The van der Waals surface area contributed by atoms with E-state index in [0.717, 1.165) is 19.4 Å². The second kappa shape index (κ2) is 6.36. The fourth-order valence-electron chi connectivity index (χ4n) is 2.05. The van der Waals surface area contributed by atoms with Crippen molar-refractivity contribution in [2.45, 2.75) is 39.2 Å². The molecular weight excluding hydrogens is 250 g/mol. The zero-order valence-electron chi connectivity index (χ0n) is 12.1. The number of nitrogens with one attached hydrogen (secondary N) is 1. The van der Waals surface area contributed by atoms with Crippen LogP contribution in [0.5, 0.6) is 0 Å². The van der Waals surface area contributed by atoms with E-state index in [2.05, 4.69) is 67.9 Å². The summed E-state index contributed by atoms with van der Waals surface area (Å²) in [5, 5.41) is 7.18. The number of hydrogen-bond donors (Lipinski definition) is 1. The number of allylic oxidation sites excluding steroid dienone is 1. The molecule has 0 saturated heterocycles. The van der Waals surface area contributed by atoms with Crippen LogP contribution in [-0.2, 0) is 6.42 Å². The normalized spacial score (nSPS) is 12.6. The molecular formula is C17H23NS. The molecule has 0 aliphatic carbocycles. The Balaban J connectivity index is 1.82. The Hall–Kier alpha value is -1.12. The van der Waals surface area contributed by atoms with Gasteiger partial charge in [0.2, 0.25) is 0 Å². The van der Waals surface area contributed by atoms with Crippen molar-refractivity contribution in [2.75, 3.05) is 6.54 Å². The lowest BCUT2D eigenvalue weighted by atomic mass is 10.1. The van der Waals surface area contributed by atoms with E-state index in [1.807, 2.05) is 11.3 Å². The van der Waals surface area contributed by atoms with Crippen molar-refractivity contribution in [3.05, 3.63) is 47.4 Å². The highest BCUT2D eigenvalue weighted by Gasteiger charge is 2.06. The van der Waals surface area contributed by atoms with Gasteiger partial charge in [-0.15, -0.1) is 11.3 Å². The minimum Gasteiger partial charge on any atom is -0.312 e. The van der Waals surface area contributed by atoms with Gasteiger partial charge in [-0.05, 0) is 62.6 Å². The molecule has 1 aromatic heterocycles. The highest BCUT2D eigenvalue weighted by Crippen LogP contribution is 2.26. The van der Waals surface area contributed by atoms with Crippen LogP contribution in [0.25, 0.3) is 10.1 Å². The van der Waals surface area contributed by atoms with Crippen LogP contribution in [0.3, 0.4) is 0 Å². The Morgan fingerprint density at radius 3 is 2.74 bits per heavy atom. The van der Waals surface area contributed by atoms with Crippen LogP contribution in [0.15, 0.2) is 41.8 Å². The van der Waals surface area contributed by atoms with Crippen molar-refractivity contribution in [3.8, 4) is 0 Å². The van der Waals surface area contributed by atoms with Crippen molar-refractivity contribution < 1.29 is 0 Å². The summed E-state index contributed by atoms with van der Waals surface area (Å²) in [7, 11) is 0. The maximum absolute atomic E-state index is 3.50. The summed E-state index contributed by atoms with van der Waals surface area (Å²) in [4.78, 5) is 0. The maximum Gasteiger partial charge on any atom is 0.0345 e. The number of benzene rings is 1. The molecule has 0 bridgehead atoms. The first kappa shape index (κ1) is 14.3. The summed E-state index contributed by atoms with van der Waals surface area (Å²) in [5.41, 5.74) is 1.66. The molecule has 1 aromatic carbocycles. The molecule has 0 amide bonds. The molecule has 1 heterocycles. The molecule has 1 nitrogen and oxygen atoms in total. The Morgan fingerprint density at radius 2 is 1.95 bits per heavy atom. The van der Waals surface area contributed by atoms with E-state index < -0.39 is 0 Å². The molecule has 0 spiro atoms. The van der Waals surface area contributed by atoms with E-state index in [4.69, 9.17) is 0 Å². The monoisotopic (exact) mass is 273 g/mol. The number of thiophene rings is 1. The summed E-state index contributed by atoms with van der Waals surface area (Å²) in [6.45, 7) is 7.65. The minimum atomic E-state index is 0.220. The van der Waals surface area contributed by atoms with Crippen LogP contribution in [0.1, 0.15) is 32.8 Å². The summed E-state index contributed by atoms with van der Waals surface area (Å²) in [6.07, 6.45) is 6.71. The molecule has 2 heteroatoms. The second-order valence-electron chi connectivity index (χ2n) is 5.90. The molecule has 0 radical (unpaired) electrons. The van der Waals surface area contributed by atoms with Gasteiger partial charge in [-0.2, -0.15) is 0 Å². The molecule has 0 fully saturated rings. The summed E-state index contributed by atoms with van der Waals surface area (Å²) in [6, 6.07) is 8.64. The predicted molar refractivity (Wildman–Crippen MR) is 87.0 cm³/mol. The van der Waals surface area contributed by atoms with E-state index in [-0.39, 0.29) is 5.54 Å². The van der Waals surface area contributed by atoms with E-state index in [1.54, 1.807) is 0 Å². The van der Waals surface area contributed by atoms with Gasteiger partial charge < -0.3 is 5.32 Å². The Labute approximate surface area is 120 Å². The first-order chi connectivity index (χ1) is 9.06. The third-order valence-corrected chi connectivity index (χ3v) is 4.04. The molecule has 2 rings (SSSR count). The van der Waals surface area contributed by atoms with Crippen molar-refractivity contribution in [1.29, 1.82) is 0 Å². The lowest BCUT2D eigenvalue weighted by molar-refractivity contribution is 0.431. The molecule has 0 atom stereocenters. The van der Waals surface area contributed by atoms with Crippen LogP contribution in [-0.4, -0.2) is 12.1 Å². The lowest BCUT2D eigenvalue weighted by Gasteiger charge is -2.19. The topological polar surface area (TPSA) is 12.0 Å². The van der Waals surface area contributed by atoms with E-state index >= 15 is 0 Å². The molecule has 0 aliphatic heterocycles. The smallest absolute Gasteiger partial charge is 0.0345 e. The molecule has 102 valence electrons. The average Bonchev–Trinajstić information content (AvgIpc) is 2.76. The lowest BCUT2D eigenvalue weighted by Crippen LogP contribution is -2.36. The Bertz CT molecular complexity index is 546. The van der Waals surface area contributed by atoms with Gasteiger partial charge in [0.1, 0.15) is 0 Å². The SMILES string of the molecule is CC(C)(C)NCCC=CCc1csc2ccccc12. The van der Waals surface area contributed by atoms with Crippen molar-refractivity contribution >= 4 is 21.4 Å². The van der Waals surface area contributed by atoms with Crippen molar-refractivity contribution in [3.63, 3.8) is 0 Å². The largest absolute Gasteiger partial charge is 0.312 e. The predicted octanol–water partition coefficient (Wildman–Crippen LogP) is 4.78. The standard InChI is InChI=1S/C17H23NS/c1-17(2,3)18-12-8-4-5-9-14-13-19-16-11-7-6-10-15(14)16/h4-7,10-11,13,18H,8-9,12H2,1-3H3. The molecule has 2 aromatic rings. The van der Waals surface area contributed by atoms with Gasteiger partial charge in [0.05, 0.1) is 0 Å². The first-order valence-electron chi connectivity index (χ1n) is 6.91. The van der Waals surface area contributed by atoms with Gasteiger partial charge in [-0.1, -0.05) is 30.4 Å². The molecule has 0 saturated carbocycles. The number of hydrogen-bond acceptors (Lipinski definition) is 2. The zero-order chi connectivity index (χ0) is 13.7. The first-order valence-corrected chi connectivity index (χ1v) is 7.79. The second-order valence-corrected chi connectivity index (χ2v) is 6.81. The van der Waals surface area contributed by atoms with E-state index in [9.17, 15) is 0 Å². The van der Waals surface area contributed by atoms with Gasteiger partial charge in [0.15, 0.2) is 0 Å². The molecule has 19 heavy (non-hydrogen) atoms. The van der Waals surface area contributed by atoms with Crippen LogP contribution in [0.2, 0.25) is 0 Å². The number of rotatable bonds is 5. The van der Waals surface area contributed by atoms with Crippen LogP contribution >= 0.6 is 11.3 Å². The Kier molecular flexibility index (Phi) is 4.78.